The molecule has 0 aliphatic rings. The van der Waals surface area contributed by atoms with Gasteiger partial charge in [-0.25, -0.2) is 22.4 Å². The lowest BCUT2D eigenvalue weighted by Gasteiger charge is -2.26. The molecule has 0 saturated carbocycles. The molecule has 0 saturated heterocycles. The molecule has 0 atom stereocenters. The number of nitrogens with two attached hydrogens (primary N) is 1. The average molecular weight is 504 g/mol. The summed E-state index contributed by atoms with van der Waals surface area (Å²) in [6.07, 6.45) is 0. The van der Waals surface area contributed by atoms with Gasteiger partial charge in [-0.3, -0.25) is 4.79 Å². The van der Waals surface area contributed by atoms with Crippen molar-refractivity contribution in [2.75, 3.05) is 14.1 Å². The van der Waals surface area contributed by atoms with Crippen molar-refractivity contribution in [3.05, 3.63) is 95.6 Å². The smallest absolute Gasteiger partial charge is 0.288 e. The van der Waals surface area contributed by atoms with Crippen LogP contribution in [0.25, 0.3) is 16.8 Å². The van der Waals surface area contributed by atoms with Crippen LogP contribution in [0.3, 0.4) is 0 Å². The van der Waals surface area contributed by atoms with E-state index >= 15 is 0 Å². The van der Waals surface area contributed by atoms with Crippen LogP contribution in [-0.2, 0) is 15.4 Å². The Morgan fingerprint density at radius 2 is 1.33 bits per heavy atom. The van der Waals surface area contributed by atoms with Gasteiger partial charge in [0.1, 0.15) is 5.82 Å². The maximum atomic E-state index is 12.3. The number of sulfonamides is 1. The molecule has 0 bridgehead atoms. The Bertz CT molecular complexity index is 1500. The van der Waals surface area contributed by atoms with Crippen molar-refractivity contribution in [2.45, 2.75) is 31.1 Å². The third-order valence-electron chi connectivity index (χ3n) is 6.40. The highest BCUT2D eigenvalue weighted by atomic mass is 32.2. The second-order valence-electron chi connectivity index (χ2n) is 9.32. The minimum atomic E-state index is -3.45. The Hall–Kier alpha value is -3.82. The van der Waals surface area contributed by atoms with Crippen LogP contribution in [0.2, 0.25) is 0 Å². The quantitative estimate of drug-likeness (QED) is 0.411. The predicted molar refractivity (Wildman–Crippen MR) is 139 cm³/mol. The van der Waals surface area contributed by atoms with Crippen LogP contribution in [0.15, 0.2) is 77.7 Å². The molecular weight excluding hydrogens is 474 g/mol. The molecule has 2 N–H and O–H groups in total. The fraction of sp³-hybridized carbons (Fsp3) is 0.222. The van der Waals surface area contributed by atoms with E-state index in [1.807, 2.05) is 48.5 Å². The molecule has 4 rings (SSSR count). The largest absolute Gasteiger partial charge is 0.363 e. The molecule has 1 heterocycles. The summed E-state index contributed by atoms with van der Waals surface area (Å²) in [4.78, 5) is 15.8. The number of rotatable bonds is 7. The minimum absolute atomic E-state index is 0.00837. The lowest BCUT2D eigenvalue weighted by Crippen LogP contribution is -2.22. The number of benzene rings is 3. The lowest BCUT2D eigenvalue weighted by atomic mass is 9.78. The van der Waals surface area contributed by atoms with E-state index in [2.05, 4.69) is 36.1 Å². The maximum Gasteiger partial charge on any atom is 0.288 e. The van der Waals surface area contributed by atoms with Crippen LogP contribution >= 0.6 is 0 Å². The Kier molecular flexibility index (Phi) is 6.55. The summed E-state index contributed by atoms with van der Waals surface area (Å²) in [5.74, 6) is -0.0858. The molecule has 0 radical (unpaired) electrons. The predicted octanol–water partition coefficient (Wildman–Crippen LogP) is 3.92. The van der Waals surface area contributed by atoms with Gasteiger partial charge in [0.05, 0.1) is 10.6 Å². The fourth-order valence-electron chi connectivity index (χ4n) is 4.03. The number of hydrogen-bond acceptors (Lipinski definition) is 5. The molecule has 0 fully saturated rings. The van der Waals surface area contributed by atoms with Crippen molar-refractivity contribution in [3.63, 3.8) is 0 Å². The molecule has 0 unspecified atom stereocenters. The van der Waals surface area contributed by atoms with Crippen molar-refractivity contribution >= 4 is 15.9 Å². The zero-order valence-corrected chi connectivity index (χ0v) is 21.7. The molecule has 3 aromatic carbocycles. The highest BCUT2D eigenvalue weighted by Gasteiger charge is 2.24. The van der Waals surface area contributed by atoms with E-state index in [4.69, 9.17) is 5.73 Å². The van der Waals surface area contributed by atoms with Gasteiger partial charge in [0.15, 0.2) is 0 Å². The van der Waals surface area contributed by atoms with E-state index in [0.29, 0.717) is 5.82 Å². The van der Waals surface area contributed by atoms with Gasteiger partial charge in [-0.1, -0.05) is 62.4 Å². The van der Waals surface area contributed by atoms with Crippen LogP contribution in [0, 0.1) is 6.92 Å². The molecule has 0 spiro atoms. The molecule has 0 aliphatic carbocycles. The number of carbonyl (C=O) groups excluding carboxylic acids is 1. The molecule has 1 aromatic heterocycles. The maximum absolute atomic E-state index is 12.3. The summed E-state index contributed by atoms with van der Waals surface area (Å²) in [6, 6.07) is 23.2. The first kappa shape index (κ1) is 25.3. The zero-order valence-electron chi connectivity index (χ0n) is 20.9. The third-order valence-corrected chi connectivity index (χ3v) is 8.23. The summed E-state index contributed by atoms with van der Waals surface area (Å²) in [5, 5.41) is 4.19. The number of primary amides is 1. The summed E-state index contributed by atoms with van der Waals surface area (Å²) in [7, 11) is -0.414. The number of nitrogens with zero attached hydrogens (tertiary/aromatic N) is 4. The molecule has 8 nitrogen and oxygen atoms in total. The molecular formula is C27H29N5O3S. The first-order valence-corrected chi connectivity index (χ1v) is 12.8. The molecule has 4 aromatic rings. The van der Waals surface area contributed by atoms with Crippen LogP contribution in [0.5, 0.6) is 0 Å². The fourth-order valence-corrected chi connectivity index (χ4v) is 4.94. The molecule has 9 heteroatoms. The SMILES string of the molecule is Cc1nc(C(N)=O)nn1-c1ccc(C(C)(C)c2ccc(-c3ccc(S(=O)(=O)N(C)C)cc3)cc2)cc1. The van der Waals surface area contributed by atoms with Gasteiger partial charge in [-0.05, 0) is 53.4 Å². The summed E-state index contributed by atoms with van der Waals surface area (Å²) >= 11 is 0. The van der Waals surface area contributed by atoms with E-state index in [-0.39, 0.29) is 16.1 Å². The normalized spacial score (nSPS) is 12.2. The molecule has 36 heavy (non-hydrogen) atoms. The van der Waals surface area contributed by atoms with Crippen molar-refractivity contribution in [1.29, 1.82) is 0 Å². The molecule has 0 aliphatic heterocycles. The Morgan fingerprint density at radius 1 is 0.861 bits per heavy atom. The lowest BCUT2D eigenvalue weighted by molar-refractivity contribution is 0.0990. The van der Waals surface area contributed by atoms with Gasteiger partial charge in [0, 0.05) is 19.5 Å². The standard InChI is InChI=1S/C27H29N5O3S/c1-18-29-26(25(28)33)30-32(18)23-14-12-22(13-15-23)27(2,3)21-10-6-19(7-11-21)20-8-16-24(17-9-20)36(34,35)31(4)5/h6-17H,1-5H3,(H2,28,33). The van der Waals surface area contributed by atoms with Crippen LogP contribution in [0.1, 0.15) is 41.4 Å². The van der Waals surface area contributed by atoms with E-state index in [1.165, 1.54) is 18.4 Å². The van der Waals surface area contributed by atoms with E-state index in [1.54, 1.807) is 23.7 Å². The van der Waals surface area contributed by atoms with Gasteiger partial charge in [0.2, 0.25) is 15.8 Å². The summed E-state index contributed by atoms with van der Waals surface area (Å²) in [6.45, 7) is 6.08. The Labute approximate surface area is 211 Å². The van der Waals surface area contributed by atoms with Crippen LogP contribution < -0.4 is 5.73 Å². The second-order valence-corrected chi connectivity index (χ2v) is 11.5. The first-order chi connectivity index (χ1) is 16.9. The van der Waals surface area contributed by atoms with E-state index in [9.17, 15) is 13.2 Å². The van der Waals surface area contributed by atoms with Crippen molar-refractivity contribution < 1.29 is 13.2 Å². The van der Waals surface area contributed by atoms with Crippen molar-refractivity contribution in [1.82, 2.24) is 19.1 Å². The van der Waals surface area contributed by atoms with Crippen LogP contribution in [-0.4, -0.2) is 47.5 Å². The molecule has 186 valence electrons. The second kappa shape index (κ2) is 9.33. The third kappa shape index (κ3) is 4.67. The number of aromatic nitrogens is 3. The van der Waals surface area contributed by atoms with Gasteiger partial charge < -0.3 is 5.73 Å². The van der Waals surface area contributed by atoms with E-state index in [0.717, 1.165) is 27.9 Å². The number of amides is 1. The Balaban J connectivity index is 1.56. The summed E-state index contributed by atoms with van der Waals surface area (Å²) in [5.41, 5.74) is 10.0. The van der Waals surface area contributed by atoms with Gasteiger partial charge in [0.25, 0.3) is 5.91 Å². The van der Waals surface area contributed by atoms with E-state index < -0.39 is 15.9 Å². The minimum Gasteiger partial charge on any atom is -0.363 e. The first-order valence-electron chi connectivity index (χ1n) is 11.4. The number of carbonyl (C=O) groups is 1. The zero-order chi connectivity index (χ0) is 26.3. The Morgan fingerprint density at radius 3 is 1.78 bits per heavy atom. The van der Waals surface area contributed by atoms with Gasteiger partial charge in [-0.15, -0.1) is 5.10 Å². The van der Waals surface area contributed by atoms with Crippen LogP contribution in [0.4, 0.5) is 0 Å². The van der Waals surface area contributed by atoms with Gasteiger partial charge >= 0.3 is 0 Å². The highest BCUT2D eigenvalue weighted by Crippen LogP contribution is 2.33. The van der Waals surface area contributed by atoms with Gasteiger partial charge in [-0.2, -0.15) is 0 Å². The molecule has 1 amide bonds. The summed E-state index contributed by atoms with van der Waals surface area (Å²) < 4.78 is 27.4. The highest BCUT2D eigenvalue weighted by molar-refractivity contribution is 7.89. The average Bonchev–Trinajstić information content (AvgIpc) is 3.26. The van der Waals surface area contributed by atoms with Crippen molar-refractivity contribution in [3.8, 4) is 16.8 Å². The number of hydrogen-bond donors (Lipinski definition) is 1. The topological polar surface area (TPSA) is 111 Å². The van der Waals surface area contributed by atoms with Crippen molar-refractivity contribution in [2.24, 2.45) is 5.73 Å². The monoisotopic (exact) mass is 503 g/mol. The number of aryl methyl sites for hydroxylation is 1.